The Balaban J connectivity index is 1.34. The van der Waals surface area contributed by atoms with Crippen molar-refractivity contribution >= 4 is 17.9 Å². The average molecular weight is 609 g/mol. The molecule has 6 rings (SSSR count). The molecule has 0 aliphatic carbocycles. The molecule has 2 amide bonds. The second kappa shape index (κ2) is 14.5. The van der Waals surface area contributed by atoms with E-state index in [9.17, 15) is 9.59 Å². The lowest BCUT2D eigenvalue weighted by molar-refractivity contribution is -0.144. The van der Waals surface area contributed by atoms with Crippen molar-refractivity contribution < 1.29 is 14.3 Å². The molecule has 7 heteroatoms. The van der Waals surface area contributed by atoms with E-state index in [4.69, 9.17) is 4.74 Å². The smallest absolute Gasteiger partial charge is 0.247 e. The van der Waals surface area contributed by atoms with Crippen molar-refractivity contribution in [1.29, 1.82) is 0 Å². The standard InChI is InChI=1S/C39H36N4O3/c1-46-36-17-15-35(41-26-36)16-18-38(44)43(27-30-11-13-32(14-12-30)33-19-22-40-23-20-33)37(25-29-7-3-2-4-8-29)39(45)42-24-21-31-9-5-6-10-34(31)28-42/h2-20,22-23,26,37H,21,24-25,27-28H2,1H3/b18-16+/t37-/m0/s1. The fraction of sp³-hybridized carbons (Fsp3) is 0.179. The summed E-state index contributed by atoms with van der Waals surface area (Å²) in [7, 11) is 1.59. The minimum absolute atomic E-state index is 0.0592. The van der Waals surface area contributed by atoms with Gasteiger partial charge in [-0.25, -0.2) is 0 Å². The molecule has 0 radical (unpaired) electrons. The van der Waals surface area contributed by atoms with Crippen LogP contribution in [0.4, 0.5) is 0 Å². The maximum Gasteiger partial charge on any atom is 0.247 e. The van der Waals surface area contributed by atoms with E-state index in [1.807, 2.05) is 83.8 Å². The third-order valence-electron chi connectivity index (χ3n) is 8.37. The minimum atomic E-state index is -0.714. The topological polar surface area (TPSA) is 75.6 Å². The highest BCUT2D eigenvalue weighted by molar-refractivity contribution is 5.95. The predicted octanol–water partition coefficient (Wildman–Crippen LogP) is 6.39. The quantitative estimate of drug-likeness (QED) is 0.172. The number of methoxy groups -OCH3 is 1. The Morgan fingerprint density at radius 3 is 2.28 bits per heavy atom. The Labute approximate surface area is 269 Å². The number of pyridine rings is 2. The molecular formula is C39H36N4O3. The van der Waals surface area contributed by atoms with Crippen molar-refractivity contribution in [3.63, 3.8) is 0 Å². The normalized spacial score (nSPS) is 13.2. The lowest BCUT2D eigenvalue weighted by Gasteiger charge is -2.37. The molecule has 3 heterocycles. The summed E-state index contributed by atoms with van der Waals surface area (Å²) in [4.78, 5) is 40.8. The molecule has 2 aromatic heterocycles. The molecular weight excluding hydrogens is 572 g/mol. The van der Waals surface area contributed by atoms with E-state index in [-0.39, 0.29) is 18.4 Å². The van der Waals surface area contributed by atoms with E-state index in [1.54, 1.807) is 48.8 Å². The van der Waals surface area contributed by atoms with Crippen LogP contribution in [0.25, 0.3) is 17.2 Å². The number of hydrogen-bond donors (Lipinski definition) is 0. The summed E-state index contributed by atoms with van der Waals surface area (Å²) in [5, 5.41) is 0. The van der Waals surface area contributed by atoms with Gasteiger partial charge in [-0.15, -0.1) is 0 Å². The molecule has 0 unspecified atom stereocenters. The zero-order chi connectivity index (χ0) is 31.7. The Morgan fingerprint density at radius 2 is 1.57 bits per heavy atom. The second-order valence-corrected chi connectivity index (χ2v) is 11.3. The monoisotopic (exact) mass is 608 g/mol. The summed E-state index contributed by atoms with van der Waals surface area (Å²) in [6, 6.07) is 33.1. The number of nitrogens with zero attached hydrogens (tertiary/aromatic N) is 4. The van der Waals surface area contributed by atoms with Crippen LogP contribution in [0.15, 0.2) is 128 Å². The van der Waals surface area contributed by atoms with Crippen molar-refractivity contribution in [3.8, 4) is 16.9 Å². The van der Waals surface area contributed by atoms with Gasteiger partial charge < -0.3 is 14.5 Å². The number of fused-ring (bicyclic) bond motifs is 1. The summed E-state index contributed by atoms with van der Waals surface area (Å²) in [6.07, 6.45) is 9.53. The van der Waals surface area contributed by atoms with Gasteiger partial charge in [0.2, 0.25) is 11.8 Å². The molecule has 0 saturated heterocycles. The predicted molar refractivity (Wildman–Crippen MR) is 180 cm³/mol. The highest BCUT2D eigenvalue weighted by Crippen LogP contribution is 2.24. The van der Waals surface area contributed by atoms with E-state index in [2.05, 4.69) is 22.1 Å². The lowest BCUT2D eigenvalue weighted by Crippen LogP contribution is -2.52. The zero-order valence-corrected chi connectivity index (χ0v) is 25.8. The van der Waals surface area contributed by atoms with Gasteiger partial charge in [0.15, 0.2) is 0 Å². The number of ether oxygens (including phenoxy) is 1. The van der Waals surface area contributed by atoms with E-state index >= 15 is 0 Å². The second-order valence-electron chi connectivity index (χ2n) is 11.3. The first-order chi connectivity index (χ1) is 22.6. The van der Waals surface area contributed by atoms with Crippen LogP contribution in [0.3, 0.4) is 0 Å². The van der Waals surface area contributed by atoms with Crippen LogP contribution in [0.5, 0.6) is 5.75 Å². The molecule has 1 atom stereocenters. The van der Waals surface area contributed by atoms with Gasteiger partial charge in [-0.05, 0) is 70.1 Å². The summed E-state index contributed by atoms with van der Waals surface area (Å²) >= 11 is 0. The van der Waals surface area contributed by atoms with Crippen molar-refractivity contribution in [2.24, 2.45) is 0 Å². The largest absolute Gasteiger partial charge is 0.495 e. The number of aromatic nitrogens is 2. The number of carbonyl (C=O) groups is 2. The van der Waals surface area contributed by atoms with Crippen LogP contribution >= 0.6 is 0 Å². The first-order valence-corrected chi connectivity index (χ1v) is 15.4. The van der Waals surface area contributed by atoms with Gasteiger partial charge in [-0.1, -0.05) is 78.9 Å². The first-order valence-electron chi connectivity index (χ1n) is 15.4. The number of rotatable bonds is 10. The van der Waals surface area contributed by atoms with Gasteiger partial charge >= 0.3 is 0 Å². The summed E-state index contributed by atoms with van der Waals surface area (Å²) in [5.41, 5.74) is 7.07. The molecule has 0 saturated carbocycles. The number of carbonyl (C=O) groups excluding carboxylic acids is 2. The Morgan fingerprint density at radius 1 is 0.848 bits per heavy atom. The Bertz CT molecular complexity index is 1790. The van der Waals surface area contributed by atoms with Crippen LogP contribution in [-0.4, -0.2) is 51.3 Å². The molecule has 230 valence electrons. The number of benzene rings is 3. The average Bonchev–Trinajstić information content (AvgIpc) is 3.13. The van der Waals surface area contributed by atoms with E-state index in [0.29, 0.717) is 31.0 Å². The van der Waals surface area contributed by atoms with Gasteiger partial charge in [0.25, 0.3) is 0 Å². The fourth-order valence-electron chi connectivity index (χ4n) is 5.81. The molecule has 0 spiro atoms. The van der Waals surface area contributed by atoms with Gasteiger partial charge in [0.05, 0.1) is 19.0 Å². The summed E-state index contributed by atoms with van der Waals surface area (Å²) in [5.74, 6) is 0.315. The third-order valence-corrected chi connectivity index (χ3v) is 8.37. The van der Waals surface area contributed by atoms with Crippen LogP contribution in [0.2, 0.25) is 0 Å². The van der Waals surface area contributed by atoms with Crippen LogP contribution in [0.1, 0.15) is 27.9 Å². The van der Waals surface area contributed by atoms with Crippen LogP contribution < -0.4 is 4.74 Å². The van der Waals surface area contributed by atoms with Crippen molar-refractivity contribution in [2.75, 3.05) is 13.7 Å². The first kappa shape index (κ1) is 30.5. The summed E-state index contributed by atoms with van der Waals surface area (Å²) < 4.78 is 5.22. The van der Waals surface area contributed by atoms with Gasteiger partial charge in [0.1, 0.15) is 11.8 Å². The molecule has 5 aromatic rings. The summed E-state index contributed by atoms with van der Waals surface area (Å²) in [6.45, 7) is 1.40. The van der Waals surface area contributed by atoms with Crippen molar-refractivity contribution in [3.05, 3.63) is 156 Å². The Kier molecular flexibility index (Phi) is 9.59. The van der Waals surface area contributed by atoms with Gasteiger partial charge in [0, 0.05) is 44.5 Å². The number of hydrogen-bond acceptors (Lipinski definition) is 5. The Hall–Kier alpha value is -5.56. The van der Waals surface area contributed by atoms with Crippen molar-refractivity contribution in [2.45, 2.75) is 32.0 Å². The molecule has 3 aromatic carbocycles. The van der Waals surface area contributed by atoms with E-state index in [1.165, 1.54) is 11.6 Å². The minimum Gasteiger partial charge on any atom is -0.495 e. The maximum absolute atomic E-state index is 14.5. The van der Waals surface area contributed by atoms with E-state index < -0.39 is 6.04 Å². The van der Waals surface area contributed by atoms with Crippen LogP contribution in [-0.2, 0) is 35.5 Å². The maximum atomic E-state index is 14.5. The molecule has 0 N–H and O–H groups in total. The molecule has 0 bridgehead atoms. The molecule has 46 heavy (non-hydrogen) atoms. The van der Waals surface area contributed by atoms with Gasteiger partial charge in [-0.2, -0.15) is 0 Å². The zero-order valence-electron chi connectivity index (χ0n) is 25.8. The fourth-order valence-corrected chi connectivity index (χ4v) is 5.81. The molecule has 1 aliphatic heterocycles. The lowest BCUT2D eigenvalue weighted by atomic mass is 9.97. The van der Waals surface area contributed by atoms with Gasteiger partial charge in [-0.3, -0.25) is 19.6 Å². The molecule has 7 nitrogen and oxygen atoms in total. The third kappa shape index (κ3) is 7.38. The SMILES string of the molecule is COc1ccc(/C=C/C(=O)N(Cc2ccc(-c3ccncc3)cc2)[C@@H](Cc2ccccc2)C(=O)N2CCc3ccccc3C2)nc1. The molecule has 0 fully saturated rings. The highest BCUT2D eigenvalue weighted by Gasteiger charge is 2.34. The molecule has 1 aliphatic rings. The van der Waals surface area contributed by atoms with Crippen LogP contribution in [0, 0.1) is 0 Å². The van der Waals surface area contributed by atoms with E-state index in [0.717, 1.165) is 34.2 Å². The van der Waals surface area contributed by atoms with Crippen molar-refractivity contribution in [1.82, 2.24) is 19.8 Å². The highest BCUT2D eigenvalue weighted by atomic mass is 16.5. The number of amides is 2.